The van der Waals surface area contributed by atoms with Gasteiger partial charge in [-0.2, -0.15) is 21.6 Å². The average molecular weight is 300 g/mol. The zero-order valence-corrected chi connectivity index (χ0v) is 10.3. The van der Waals surface area contributed by atoms with Crippen LogP contribution in [0.3, 0.4) is 0 Å². The van der Waals surface area contributed by atoms with Crippen molar-refractivity contribution in [1.29, 1.82) is 0 Å². The standard InChI is InChI=1S/C10H8F4O4S/c1-5-4-6-8(3-2-7(11)9(6)17-5)18-19(15,16)10(12,13)14/h2-3,5H,4H2,1H3. The van der Waals surface area contributed by atoms with E-state index in [0.717, 1.165) is 12.1 Å². The fourth-order valence-corrected chi connectivity index (χ4v) is 2.16. The SMILES string of the molecule is CC1Cc2c(OS(=O)(=O)C(F)(F)F)ccc(F)c2O1. The number of rotatable bonds is 2. The summed E-state index contributed by atoms with van der Waals surface area (Å²) in [6.45, 7) is 1.57. The van der Waals surface area contributed by atoms with Crippen LogP contribution in [-0.2, 0) is 16.5 Å². The molecule has 1 unspecified atom stereocenters. The molecule has 0 saturated heterocycles. The summed E-state index contributed by atoms with van der Waals surface area (Å²) in [4.78, 5) is 0. The van der Waals surface area contributed by atoms with Crippen LogP contribution in [0.4, 0.5) is 17.6 Å². The zero-order valence-electron chi connectivity index (χ0n) is 9.49. The molecule has 19 heavy (non-hydrogen) atoms. The molecule has 9 heteroatoms. The van der Waals surface area contributed by atoms with E-state index in [-0.39, 0.29) is 17.7 Å². The third kappa shape index (κ3) is 2.46. The van der Waals surface area contributed by atoms with E-state index in [9.17, 15) is 26.0 Å². The summed E-state index contributed by atoms with van der Waals surface area (Å²) >= 11 is 0. The number of alkyl halides is 3. The third-order valence-corrected chi connectivity index (χ3v) is 3.43. The Balaban J connectivity index is 2.42. The predicted molar refractivity (Wildman–Crippen MR) is 55.8 cm³/mol. The molecule has 1 aromatic rings. The second-order valence-corrected chi connectivity index (χ2v) is 5.51. The summed E-state index contributed by atoms with van der Waals surface area (Å²) in [7, 11) is -5.78. The van der Waals surface area contributed by atoms with Gasteiger partial charge in [0.1, 0.15) is 11.9 Å². The monoisotopic (exact) mass is 300 g/mol. The minimum absolute atomic E-state index is 0.0275. The minimum Gasteiger partial charge on any atom is -0.487 e. The number of fused-ring (bicyclic) bond motifs is 1. The maximum absolute atomic E-state index is 13.4. The molecule has 1 aliphatic heterocycles. The Bertz CT molecular complexity index is 609. The van der Waals surface area contributed by atoms with Crippen molar-refractivity contribution in [3.05, 3.63) is 23.5 Å². The summed E-state index contributed by atoms with van der Waals surface area (Å²) in [5.41, 5.74) is -5.57. The van der Waals surface area contributed by atoms with Crippen LogP contribution in [0.15, 0.2) is 12.1 Å². The molecule has 2 rings (SSSR count). The van der Waals surface area contributed by atoms with Gasteiger partial charge in [0.25, 0.3) is 0 Å². The van der Waals surface area contributed by atoms with E-state index in [1.807, 2.05) is 0 Å². The Hall–Kier alpha value is -1.51. The van der Waals surface area contributed by atoms with Crippen molar-refractivity contribution in [3.8, 4) is 11.5 Å². The first-order chi connectivity index (χ1) is 8.62. The molecule has 0 saturated carbocycles. The van der Waals surface area contributed by atoms with Crippen molar-refractivity contribution in [2.75, 3.05) is 0 Å². The van der Waals surface area contributed by atoms with Gasteiger partial charge in [0.05, 0.1) is 0 Å². The zero-order chi connectivity index (χ0) is 14.4. The lowest BCUT2D eigenvalue weighted by Crippen LogP contribution is -2.28. The van der Waals surface area contributed by atoms with Crippen molar-refractivity contribution in [2.45, 2.75) is 25.0 Å². The average Bonchev–Trinajstić information content (AvgIpc) is 2.63. The van der Waals surface area contributed by atoms with Crippen LogP contribution < -0.4 is 8.92 Å². The van der Waals surface area contributed by atoms with Crippen molar-refractivity contribution in [1.82, 2.24) is 0 Å². The van der Waals surface area contributed by atoms with Gasteiger partial charge in [0.15, 0.2) is 11.6 Å². The lowest BCUT2D eigenvalue weighted by molar-refractivity contribution is -0.0500. The quantitative estimate of drug-likeness (QED) is 0.478. The molecule has 0 aromatic heterocycles. The lowest BCUT2D eigenvalue weighted by atomic mass is 10.1. The maximum Gasteiger partial charge on any atom is 0.534 e. The van der Waals surface area contributed by atoms with Crippen LogP contribution in [0.2, 0.25) is 0 Å². The van der Waals surface area contributed by atoms with Gasteiger partial charge in [-0.3, -0.25) is 0 Å². The number of benzene rings is 1. The Labute approximate surface area is 106 Å². The Kier molecular flexibility index (Phi) is 3.12. The second-order valence-electron chi connectivity index (χ2n) is 3.97. The molecule has 0 amide bonds. The van der Waals surface area contributed by atoms with E-state index in [1.54, 1.807) is 6.92 Å². The van der Waals surface area contributed by atoms with Gasteiger partial charge in [-0.15, -0.1) is 0 Å². The third-order valence-electron chi connectivity index (χ3n) is 2.46. The normalized spacial score (nSPS) is 18.9. The Morgan fingerprint density at radius 1 is 1.37 bits per heavy atom. The second kappa shape index (κ2) is 4.26. The summed E-state index contributed by atoms with van der Waals surface area (Å²) < 4.78 is 80.9. The highest BCUT2D eigenvalue weighted by Crippen LogP contribution is 2.40. The first-order valence-corrected chi connectivity index (χ1v) is 6.51. The molecule has 1 aromatic carbocycles. The van der Waals surface area contributed by atoms with E-state index in [1.165, 1.54) is 0 Å². The predicted octanol–water partition coefficient (Wildman–Crippen LogP) is 2.38. The first kappa shape index (κ1) is 13.9. The number of hydrogen-bond donors (Lipinski definition) is 0. The topological polar surface area (TPSA) is 52.6 Å². The lowest BCUT2D eigenvalue weighted by Gasteiger charge is -2.11. The molecule has 0 aliphatic carbocycles. The molecule has 0 N–H and O–H groups in total. The Morgan fingerprint density at radius 2 is 2.00 bits per heavy atom. The molecule has 4 nitrogen and oxygen atoms in total. The molecule has 0 spiro atoms. The minimum atomic E-state index is -5.78. The molecule has 0 bridgehead atoms. The molecule has 1 aliphatic rings. The summed E-state index contributed by atoms with van der Waals surface area (Å²) in [5, 5.41) is 0. The molecule has 0 fully saturated rings. The summed E-state index contributed by atoms with van der Waals surface area (Å²) in [5.74, 6) is -1.63. The van der Waals surface area contributed by atoms with E-state index in [4.69, 9.17) is 4.74 Å². The molecule has 106 valence electrons. The number of ether oxygens (including phenoxy) is 1. The molecule has 0 radical (unpaired) electrons. The number of hydrogen-bond acceptors (Lipinski definition) is 4. The van der Waals surface area contributed by atoms with Gasteiger partial charge in [0, 0.05) is 12.0 Å². The summed E-state index contributed by atoms with van der Waals surface area (Å²) in [6.07, 6.45) is -0.404. The highest BCUT2D eigenvalue weighted by Gasteiger charge is 2.49. The number of halogens is 4. The Morgan fingerprint density at radius 3 is 2.58 bits per heavy atom. The van der Waals surface area contributed by atoms with E-state index in [2.05, 4.69) is 4.18 Å². The summed E-state index contributed by atoms with van der Waals surface area (Å²) in [6, 6.07) is 1.62. The fraction of sp³-hybridized carbons (Fsp3) is 0.400. The molecular weight excluding hydrogens is 292 g/mol. The van der Waals surface area contributed by atoms with Crippen LogP contribution >= 0.6 is 0 Å². The molecular formula is C10H8F4O4S. The van der Waals surface area contributed by atoms with Gasteiger partial charge in [0.2, 0.25) is 0 Å². The first-order valence-electron chi connectivity index (χ1n) is 5.10. The smallest absolute Gasteiger partial charge is 0.487 e. The highest BCUT2D eigenvalue weighted by molar-refractivity contribution is 7.88. The van der Waals surface area contributed by atoms with E-state index < -0.39 is 33.3 Å². The van der Waals surface area contributed by atoms with E-state index >= 15 is 0 Å². The van der Waals surface area contributed by atoms with Crippen LogP contribution in [-0.4, -0.2) is 20.0 Å². The maximum atomic E-state index is 13.4. The van der Waals surface area contributed by atoms with Crippen molar-refractivity contribution >= 4 is 10.1 Å². The van der Waals surface area contributed by atoms with Gasteiger partial charge in [-0.05, 0) is 19.1 Å². The molecule has 1 atom stereocenters. The van der Waals surface area contributed by atoms with Crippen LogP contribution in [0, 0.1) is 5.82 Å². The van der Waals surface area contributed by atoms with Gasteiger partial charge >= 0.3 is 15.6 Å². The van der Waals surface area contributed by atoms with Crippen molar-refractivity contribution < 1.29 is 34.9 Å². The van der Waals surface area contributed by atoms with E-state index in [0.29, 0.717) is 0 Å². The van der Waals surface area contributed by atoms with Gasteiger partial charge < -0.3 is 8.92 Å². The van der Waals surface area contributed by atoms with Gasteiger partial charge in [-0.25, -0.2) is 4.39 Å². The van der Waals surface area contributed by atoms with Crippen molar-refractivity contribution in [3.63, 3.8) is 0 Å². The van der Waals surface area contributed by atoms with Gasteiger partial charge in [-0.1, -0.05) is 0 Å². The largest absolute Gasteiger partial charge is 0.534 e. The van der Waals surface area contributed by atoms with Crippen LogP contribution in [0.1, 0.15) is 12.5 Å². The van der Waals surface area contributed by atoms with Crippen LogP contribution in [0.25, 0.3) is 0 Å². The fourth-order valence-electron chi connectivity index (χ4n) is 1.68. The molecule has 1 heterocycles. The van der Waals surface area contributed by atoms with Crippen molar-refractivity contribution in [2.24, 2.45) is 0 Å². The van der Waals surface area contributed by atoms with Crippen LogP contribution in [0.5, 0.6) is 11.5 Å². The highest BCUT2D eigenvalue weighted by atomic mass is 32.2.